The van der Waals surface area contributed by atoms with Crippen molar-refractivity contribution in [2.75, 3.05) is 0 Å². The van der Waals surface area contributed by atoms with Crippen LogP contribution in [0.1, 0.15) is 25.7 Å². The molecular weight excluding hydrogens is 188 g/mol. The Hall–Kier alpha value is -0.890. The topological polar surface area (TPSA) is 26.3 Å². The van der Waals surface area contributed by atoms with E-state index >= 15 is 0 Å². The molecule has 2 aliphatic heterocycles. The molecule has 4 atom stereocenters. The number of rotatable bonds is 0. The third-order valence-corrected chi connectivity index (χ3v) is 3.89. The van der Waals surface area contributed by atoms with Crippen LogP contribution in [0.3, 0.4) is 0 Å². The molecule has 0 aromatic heterocycles. The number of carbonyl (C=O) groups excluding carboxylic acids is 1. The molecule has 2 heteroatoms. The third kappa shape index (κ3) is 1.48. The highest BCUT2D eigenvalue weighted by Crippen LogP contribution is 2.42. The van der Waals surface area contributed by atoms with Gasteiger partial charge in [-0.15, -0.1) is 0 Å². The van der Waals surface area contributed by atoms with Crippen LogP contribution in [0.2, 0.25) is 0 Å². The van der Waals surface area contributed by atoms with E-state index in [-0.39, 0.29) is 18.0 Å². The lowest BCUT2D eigenvalue weighted by Gasteiger charge is -2.23. The van der Waals surface area contributed by atoms with Gasteiger partial charge in [-0.25, -0.2) is 0 Å². The summed E-state index contributed by atoms with van der Waals surface area (Å²) in [4.78, 5) is 11.9. The maximum Gasteiger partial charge on any atom is 0.165 e. The summed E-state index contributed by atoms with van der Waals surface area (Å²) in [6.45, 7) is 0. The van der Waals surface area contributed by atoms with E-state index in [1.165, 1.54) is 0 Å². The summed E-state index contributed by atoms with van der Waals surface area (Å²) in [6.07, 6.45) is 12.4. The molecule has 0 aromatic rings. The molecular formula is C13H16O2. The normalized spacial score (nSPS) is 45.7. The van der Waals surface area contributed by atoms with Gasteiger partial charge < -0.3 is 4.74 Å². The Morgan fingerprint density at radius 1 is 1.00 bits per heavy atom. The fraction of sp³-hybridized carbons (Fsp3) is 0.615. The van der Waals surface area contributed by atoms with Crippen molar-refractivity contribution < 1.29 is 9.53 Å². The minimum Gasteiger partial charge on any atom is -0.366 e. The zero-order valence-electron chi connectivity index (χ0n) is 8.76. The van der Waals surface area contributed by atoms with Gasteiger partial charge in [0.2, 0.25) is 0 Å². The van der Waals surface area contributed by atoms with E-state index in [4.69, 9.17) is 4.74 Å². The number of hydrogen-bond donors (Lipinski definition) is 0. The summed E-state index contributed by atoms with van der Waals surface area (Å²) in [5.74, 6) is 1.30. The fourth-order valence-electron chi connectivity index (χ4n) is 3.11. The summed E-state index contributed by atoms with van der Waals surface area (Å²) in [5.41, 5.74) is 0. The van der Waals surface area contributed by atoms with Gasteiger partial charge in [0.1, 0.15) is 6.10 Å². The van der Waals surface area contributed by atoms with Gasteiger partial charge in [0.15, 0.2) is 5.78 Å². The second-order valence-electron chi connectivity index (χ2n) is 4.74. The first-order valence-corrected chi connectivity index (χ1v) is 5.84. The molecule has 3 rings (SSSR count). The first-order valence-electron chi connectivity index (χ1n) is 5.84. The number of fused-ring (bicyclic) bond motifs is 5. The van der Waals surface area contributed by atoms with Crippen LogP contribution in [0.25, 0.3) is 0 Å². The van der Waals surface area contributed by atoms with Crippen LogP contribution < -0.4 is 0 Å². The van der Waals surface area contributed by atoms with E-state index in [1.807, 2.05) is 6.08 Å². The maximum absolute atomic E-state index is 11.9. The van der Waals surface area contributed by atoms with Crippen molar-refractivity contribution in [2.45, 2.75) is 37.9 Å². The van der Waals surface area contributed by atoms with E-state index in [9.17, 15) is 4.79 Å². The molecule has 1 fully saturated rings. The molecule has 0 N–H and O–H groups in total. The van der Waals surface area contributed by atoms with Crippen LogP contribution in [0.4, 0.5) is 0 Å². The number of ketones is 1. The van der Waals surface area contributed by atoms with Crippen molar-refractivity contribution in [2.24, 2.45) is 11.8 Å². The molecule has 3 aliphatic rings. The molecule has 0 saturated carbocycles. The summed E-state index contributed by atoms with van der Waals surface area (Å²) < 4.78 is 5.92. The van der Waals surface area contributed by atoms with Crippen molar-refractivity contribution in [1.29, 1.82) is 0 Å². The smallest absolute Gasteiger partial charge is 0.165 e. The first-order chi connectivity index (χ1) is 7.36. The fourth-order valence-corrected chi connectivity index (χ4v) is 3.11. The van der Waals surface area contributed by atoms with Gasteiger partial charge in [-0.2, -0.15) is 0 Å². The Labute approximate surface area is 90.0 Å². The molecule has 2 bridgehead atoms. The second kappa shape index (κ2) is 3.60. The van der Waals surface area contributed by atoms with Gasteiger partial charge in [-0.3, -0.25) is 4.79 Å². The predicted molar refractivity (Wildman–Crippen MR) is 57.4 cm³/mol. The molecule has 0 spiro atoms. The standard InChI is InChI=1S/C13H16O2/c14-11-7-3-4-8-12-9-5-1-2-6-10(9)13(11)15-12/h1-4,9-10,12-13H,5-8H2/b4-3-. The highest BCUT2D eigenvalue weighted by atomic mass is 16.5. The summed E-state index contributed by atoms with van der Waals surface area (Å²) in [7, 11) is 0. The van der Waals surface area contributed by atoms with Crippen LogP contribution in [0.5, 0.6) is 0 Å². The van der Waals surface area contributed by atoms with E-state index in [0.717, 1.165) is 19.3 Å². The molecule has 2 nitrogen and oxygen atoms in total. The lowest BCUT2D eigenvalue weighted by Crippen LogP contribution is -2.29. The molecule has 4 unspecified atom stereocenters. The van der Waals surface area contributed by atoms with Gasteiger partial charge in [-0.05, 0) is 25.2 Å². The Morgan fingerprint density at radius 3 is 2.60 bits per heavy atom. The molecule has 0 radical (unpaired) electrons. The molecule has 1 aliphatic carbocycles. The number of hydrogen-bond acceptors (Lipinski definition) is 2. The van der Waals surface area contributed by atoms with Gasteiger partial charge in [0.05, 0.1) is 6.10 Å². The van der Waals surface area contributed by atoms with Crippen LogP contribution in [-0.2, 0) is 9.53 Å². The third-order valence-electron chi connectivity index (χ3n) is 3.89. The van der Waals surface area contributed by atoms with Crippen LogP contribution in [0, 0.1) is 11.8 Å². The van der Waals surface area contributed by atoms with Crippen molar-refractivity contribution >= 4 is 5.78 Å². The Bertz CT molecular complexity index is 329. The SMILES string of the molecule is O=C1C/C=C\CC2OC1C1CC=CCC21. The largest absolute Gasteiger partial charge is 0.366 e. The molecule has 1 saturated heterocycles. The minimum absolute atomic E-state index is 0.116. The maximum atomic E-state index is 11.9. The van der Waals surface area contributed by atoms with Gasteiger partial charge >= 0.3 is 0 Å². The molecule has 0 amide bonds. The first kappa shape index (κ1) is 9.34. The molecule has 80 valence electrons. The number of allylic oxidation sites excluding steroid dienone is 3. The predicted octanol–water partition coefficient (Wildman–Crippen LogP) is 2.26. The summed E-state index contributed by atoms with van der Waals surface area (Å²) in [6, 6.07) is 0. The number of Topliss-reactive ketones (excluding diaryl/α,β-unsaturated/α-hetero) is 1. The van der Waals surface area contributed by atoms with E-state index in [1.54, 1.807) is 0 Å². The zero-order chi connectivity index (χ0) is 10.3. The minimum atomic E-state index is -0.116. The van der Waals surface area contributed by atoms with Crippen LogP contribution >= 0.6 is 0 Å². The van der Waals surface area contributed by atoms with Gasteiger partial charge in [0.25, 0.3) is 0 Å². The van der Waals surface area contributed by atoms with E-state index in [0.29, 0.717) is 18.3 Å². The zero-order valence-corrected chi connectivity index (χ0v) is 8.76. The Balaban J connectivity index is 1.92. The van der Waals surface area contributed by atoms with E-state index in [2.05, 4.69) is 18.2 Å². The number of carbonyl (C=O) groups is 1. The van der Waals surface area contributed by atoms with Crippen LogP contribution in [0.15, 0.2) is 24.3 Å². The van der Waals surface area contributed by atoms with Gasteiger partial charge in [0, 0.05) is 12.3 Å². The van der Waals surface area contributed by atoms with Gasteiger partial charge in [-0.1, -0.05) is 24.3 Å². The lowest BCUT2D eigenvalue weighted by molar-refractivity contribution is -0.130. The Morgan fingerprint density at radius 2 is 1.73 bits per heavy atom. The quantitative estimate of drug-likeness (QED) is 0.566. The lowest BCUT2D eigenvalue weighted by atomic mass is 9.78. The average Bonchev–Trinajstić information content (AvgIpc) is 2.63. The summed E-state index contributed by atoms with van der Waals surface area (Å²) >= 11 is 0. The Kier molecular flexibility index (Phi) is 2.24. The van der Waals surface area contributed by atoms with Crippen molar-refractivity contribution in [3.05, 3.63) is 24.3 Å². The second-order valence-corrected chi connectivity index (χ2v) is 4.74. The molecule has 15 heavy (non-hydrogen) atoms. The van der Waals surface area contributed by atoms with Crippen LogP contribution in [-0.4, -0.2) is 18.0 Å². The summed E-state index contributed by atoms with van der Waals surface area (Å²) in [5, 5.41) is 0. The molecule has 0 aromatic carbocycles. The highest BCUT2D eigenvalue weighted by molar-refractivity contribution is 5.85. The number of ether oxygens (including phenoxy) is 1. The average molecular weight is 204 g/mol. The van der Waals surface area contributed by atoms with Crippen molar-refractivity contribution in [3.63, 3.8) is 0 Å². The van der Waals surface area contributed by atoms with Crippen molar-refractivity contribution in [1.82, 2.24) is 0 Å². The molecule has 2 heterocycles. The highest BCUT2D eigenvalue weighted by Gasteiger charge is 2.46. The van der Waals surface area contributed by atoms with Crippen molar-refractivity contribution in [3.8, 4) is 0 Å². The monoisotopic (exact) mass is 204 g/mol. The van der Waals surface area contributed by atoms with E-state index < -0.39 is 0 Å².